The number of oxime groups is 1. The van der Waals surface area contributed by atoms with E-state index in [1.54, 1.807) is 31.2 Å². The maximum absolute atomic E-state index is 12.7. The fourth-order valence-corrected chi connectivity index (χ4v) is 4.28. The lowest BCUT2D eigenvalue weighted by molar-refractivity contribution is 0.0913. The zero-order chi connectivity index (χ0) is 23.1. The van der Waals surface area contributed by atoms with Crippen LogP contribution >= 0.6 is 11.3 Å². The summed E-state index contributed by atoms with van der Waals surface area (Å²) in [6, 6.07) is 15.9. The monoisotopic (exact) mass is 472 g/mol. The maximum Gasteiger partial charge on any atom is 0.452 e. The van der Waals surface area contributed by atoms with E-state index in [0.717, 1.165) is 10.4 Å². The molecule has 1 aromatic heterocycles. The van der Waals surface area contributed by atoms with Crippen LogP contribution in [0.1, 0.15) is 27.7 Å². The van der Waals surface area contributed by atoms with E-state index in [1.807, 2.05) is 24.4 Å². The number of rotatable bonds is 6. The van der Waals surface area contributed by atoms with Gasteiger partial charge in [-0.15, -0.1) is 11.3 Å². The van der Waals surface area contributed by atoms with Gasteiger partial charge in [-0.3, -0.25) is 19.8 Å². The van der Waals surface area contributed by atoms with Crippen molar-refractivity contribution in [2.24, 2.45) is 5.16 Å². The number of hydrazine groups is 1. The summed E-state index contributed by atoms with van der Waals surface area (Å²) in [6.07, 6.45) is -1.01. The molecule has 11 heteroatoms. The van der Waals surface area contributed by atoms with Gasteiger partial charge in [0.1, 0.15) is 0 Å². The van der Waals surface area contributed by atoms with Gasteiger partial charge in [0.05, 0.1) is 26.7 Å². The minimum absolute atomic E-state index is 0.00162. The SMILES string of the molecule is CC(=NOC(=O)NNC(=O)c1ccccc1NS(=O)(=O)c1ccc(C)cc1)c1cccs1. The van der Waals surface area contributed by atoms with Crippen molar-refractivity contribution in [2.75, 3.05) is 4.72 Å². The fraction of sp³-hybridized carbons (Fsp3) is 0.0952. The highest BCUT2D eigenvalue weighted by atomic mass is 32.2. The van der Waals surface area contributed by atoms with Crippen molar-refractivity contribution in [1.29, 1.82) is 0 Å². The Morgan fingerprint density at radius 2 is 1.69 bits per heavy atom. The molecule has 9 nitrogen and oxygen atoms in total. The standard InChI is InChI=1S/C21H20N4O5S2/c1-14-9-11-16(12-10-14)32(28,29)25-18-7-4-3-6-17(18)20(26)22-23-21(27)30-24-15(2)19-8-5-13-31-19/h3-13,25H,1-2H3,(H,22,26)(H,23,27). The van der Waals surface area contributed by atoms with E-state index >= 15 is 0 Å². The second-order valence-electron chi connectivity index (χ2n) is 6.58. The number of carbonyl (C=O) groups is 2. The molecular weight excluding hydrogens is 452 g/mol. The van der Waals surface area contributed by atoms with Crippen LogP contribution < -0.4 is 15.6 Å². The van der Waals surface area contributed by atoms with Crippen LogP contribution in [-0.4, -0.2) is 26.1 Å². The van der Waals surface area contributed by atoms with Gasteiger partial charge < -0.3 is 0 Å². The average molecular weight is 473 g/mol. The van der Waals surface area contributed by atoms with Crippen LogP contribution in [0.25, 0.3) is 0 Å². The number of nitrogens with one attached hydrogen (secondary N) is 3. The van der Waals surface area contributed by atoms with Crippen molar-refractivity contribution in [3.05, 3.63) is 82.0 Å². The molecule has 0 spiro atoms. The molecule has 166 valence electrons. The largest absolute Gasteiger partial charge is 0.452 e. The van der Waals surface area contributed by atoms with E-state index in [0.29, 0.717) is 5.71 Å². The molecule has 0 atom stereocenters. The van der Waals surface area contributed by atoms with Gasteiger partial charge in [-0.05, 0) is 49.6 Å². The number of para-hydroxylation sites is 1. The van der Waals surface area contributed by atoms with Crippen LogP contribution in [0, 0.1) is 6.92 Å². The van der Waals surface area contributed by atoms with Crippen molar-refractivity contribution in [1.82, 2.24) is 10.9 Å². The Morgan fingerprint density at radius 3 is 2.38 bits per heavy atom. The van der Waals surface area contributed by atoms with E-state index < -0.39 is 22.0 Å². The van der Waals surface area contributed by atoms with Gasteiger partial charge in [0.25, 0.3) is 15.9 Å². The molecule has 2 amide bonds. The zero-order valence-electron chi connectivity index (χ0n) is 17.2. The van der Waals surface area contributed by atoms with E-state index in [4.69, 9.17) is 4.84 Å². The predicted octanol–water partition coefficient (Wildman–Crippen LogP) is 3.65. The average Bonchev–Trinajstić information content (AvgIpc) is 3.31. The summed E-state index contributed by atoms with van der Waals surface area (Å²) < 4.78 is 27.7. The Bertz CT molecular complexity index is 1240. The molecule has 0 radical (unpaired) electrons. The molecule has 1 heterocycles. The van der Waals surface area contributed by atoms with E-state index in [2.05, 4.69) is 20.7 Å². The molecule has 0 aliphatic rings. The minimum Gasteiger partial charge on any atom is -0.296 e. The molecule has 2 aromatic carbocycles. The number of thiophene rings is 1. The number of aryl methyl sites for hydroxylation is 1. The quantitative estimate of drug-likeness (QED) is 0.287. The number of benzene rings is 2. The molecule has 3 aromatic rings. The van der Waals surface area contributed by atoms with Gasteiger partial charge >= 0.3 is 6.09 Å². The second-order valence-corrected chi connectivity index (χ2v) is 9.21. The van der Waals surface area contributed by atoms with Crippen LogP contribution in [0.4, 0.5) is 10.5 Å². The third-order valence-corrected chi connectivity index (χ3v) is 6.53. The highest BCUT2D eigenvalue weighted by Gasteiger charge is 2.19. The number of sulfonamides is 1. The van der Waals surface area contributed by atoms with Gasteiger partial charge in [-0.1, -0.05) is 41.1 Å². The number of anilines is 1. The molecular formula is C21H20N4O5S2. The molecule has 3 N–H and O–H groups in total. The smallest absolute Gasteiger partial charge is 0.296 e. The number of hydrogen-bond donors (Lipinski definition) is 3. The summed E-state index contributed by atoms with van der Waals surface area (Å²) in [7, 11) is -3.92. The molecule has 0 saturated heterocycles. The Balaban J connectivity index is 1.64. The van der Waals surface area contributed by atoms with Gasteiger partial charge in [-0.25, -0.2) is 18.6 Å². The third kappa shape index (κ3) is 5.93. The maximum atomic E-state index is 12.7. The number of nitrogens with zero attached hydrogens (tertiary/aromatic N) is 1. The molecule has 0 bridgehead atoms. The number of carbonyl (C=O) groups excluding carboxylic acids is 2. The Kier molecular flexibility index (Phi) is 7.23. The molecule has 3 rings (SSSR count). The first-order valence-electron chi connectivity index (χ1n) is 9.30. The topological polar surface area (TPSA) is 126 Å². The van der Waals surface area contributed by atoms with E-state index in [1.165, 1.54) is 35.6 Å². The van der Waals surface area contributed by atoms with Gasteiger partial charge in [0.2, 0.25) is 0 Å². The van der Waals surface area contributed by atoms with Crippen LogP contribution in [0.15, 0.2) is 76.1 Å². The van der Waals surface area contributed by atoms with E-state index in [9.17, 15) is 18.0 Å². The zero-order valence-corrected chi connectivity index (χ0v) is 18.8. The van der Waals surface area contributed by atoms with Crippen molar-refractivity contribution in [2.45, 2.75) is 18.7 Å². The molecule has 0 unspecified atom stereocenters. The third-order valence-electron chi connectivity index (χ3n) is 4.17. The number of amides is 2. The summed E-state index contributed by atoms with van der Waals surface area (Å²) in [5.74, 6) is -0.747. The first-order chi connectivity index (χ1) is 15.3. The highest BCUT2D eigenvalue weighted by molar-refractivity contribution is 7.92. The van der Waals surface area contributed by atoms with Crippen LogP contribution in [0.3, 0.4) is 0 Å². The van der Waals surface area contributed by atoms with Crippen LogP contribution in [0.5, 0.6) is 0 Å². The van der Waals surface area contributed by atoms with Gasteiger partial charge in [0, 0.05) is 0 Å². The highest BCUT2D eigenvalue weighted by Crippen LogP contribution is 2.20. The Labute approximate surface area is 189 Å². The summed E-state index contributed by atoms with van der Waals surface area (Å²) in [5.41, 5.74) is 5.69. The lowest BCUT2D eigenvalue weighted by atomic mass is 10.2. The lowest BCUT2D eigenvalue weighted by Crippen LogP contribution is -2.41. The molecule has 32 heavy (non-hydrogen) atoms. The Hall–Kier alpha value is -3.70. The molecule has 0 fully saturated rings. The summed E-state index contributed by atoms with van der Waals surface area (Å²) in [6.45, 7) is 3.52. The predicted molar refractivity (Wildman–Crippen MR) is 122 cm³/mol. The lowest BCUT2D eigenvalue weighted by Gasteiger charge is -2.13. The van der Waals surface area contributed by atoms with Gasteiger partial charge in [0.15, 0.2) is 0 Å². The van der Waals surface area contributed by atoms with Crippen molar-refractivity contribution in [3.8, 4) is 0 Å². The normalized spacial score (nSPS) is 11.5. The van der Waals surface area contributed by atoms with E-state index in [-0.39, 0.29) is 16.1 Å². The first-order valence-corrected chi connectivity index (χ1v) is 11.7. The van der Waals surface area contributed by atoms with Crippen molar-refractivity contribution in [3.63, 3.8) is 0 Å². The summed E-state index contributed by atoms with van der Waals surface area (Å²) in [5, 5.41) is 5.56. The molecule has 0 aliphatic heterocycles. The van der Waals surface area contributed by atoms with Gasteiger partial charge in [-0.2, -0.15) is 0 Å². The first kappa shape index (κ1) is 23.0. The van der Waals surface area contributed by atoms with Crippen molar-refractivity contribution < 1.29 is 22.8 Å². The van der Waals surface area contributed by atoms with Crippen molar-refractivity contribution >= 4 is 44.8 Å². The second kappa shape index (κ2) is 10.1. The van der Waals surface area contributed by atoms with Crippen LogP contribution in [0.2, 0.25) is 0 Å². The summed E-state index contributed by atoms with van der Waals surface area (Å²) >= 11 is 1.43. The summed E-state index contributed by atoms with van der Waals surface area (Å²) in [4.78, 5) is 29.9. The van der Waals surface area contributed by atoms with Crippen LogP contribution in [-0.2, 0) is 14.9 Å². The molecule has 0 saturated carbocycles. The minimum atomic E-state index is -3.92. The number of hydrogen-bond acceptors (Lipinski definition) is 7. The Morgan fingerprint density at radius 1 is 0.969 bits per heavy atom. The fourth-order valence-electron chi connectivity index (χ4n) is 2.53. The molecule has 0 aliphatic carbocycles.